The normalized spacial score (nSPS) is 14.0. The van der Waals surface area contributed by atoms with Crippen LogP contribution in [0.25, 0.3) is 0 Å². The molecule has 5 nitrogen and oxygen atoms in total. The highest BCUT2D eigenvalue weighted by molar-refractivity contribution is 7.99. The molecule has 1 aliphatic heterocycles. The van der Waals surface area contributed by atoms with Gasteiger partial charge in [-0.25, -0.2) is 0 Å². The summed E-state index contributed by atoms with van der Waals surface area (Å²) in [6, 6.07) is 7.74. The molecule has 2 amide bonds. The smallest absolute Gasteiger partial charge is 0.241 e. The molecule has 1 N–H and O–H groups in total. The summed E-state index contributed by atoms with van der Waals surface area (Å²) in [4.78, 5) is 26.4. The summed E-state index contributed by atoms with van der Waals surface area (Å²) >= 11 is 1.62. The average molecular weight is 322 g/mol. The number of methoxy groups -OCH3 is 1. The Morgan fingerprint density at radius 1 is 1.23 bits per heavy atom. The van der Waals surface area contributed by atoms with Crippen LogP contribution in [-0.2, 0) is 9.59 Å². The summed E-state index contributed by atoms with van der Waals surface area (Å²) in [6.07, 6.45) is 2.54. The molecule has 1 saturated heterocycles. The summed E-state index contributed by atoms with van der Waals surface area (Å²) < 4.78 is 5.10. The molecule has 0 unspecified atom stereocenters. The van der Waals surface area contributed by atoms with Crippen molar-refractivity contribution in [2.75, 3.05) is 32.5 Å². The minimum atomic E-state index is -0.0754. The first-order valence-corrected chi connectivity index (χ1v) is 8.49. The van der Waals surface area contributed by atoms with Gasteiger partial charge in [-0.3, -0.25) is 9.59 Å². The number of likely N-dealkylation sites (tertiary alicyclic amines) is 1. The summed E-state index contributed by atoms with van der Waals surface area (Å²) in [5.74, 6) is 1.46. The van der Waals surface area contributed by atoms with E-state index in [0.29, 0.717) is 12.2 Å². The van der Waals surface area contributed by atoms with Gasteiger partial charge in [0.15, 0.2) is 0 Å². The number of nitrogens with one attached hydrogen (secondary N) is 1. The van der Waals surface area contributed by atoms with E-state index in [-0.39, 0.29) is 18.4 Å². The van der Waals surface area contributed by atoms with Gasteiger partial charge in [0.05, 0.1) is 13.7 Å². The summed E-state index contributed by atoms with van der Waals surface area (Å²) in [5.41, 5.74) is 0. The van der Waals surface area contributed by atoms with Crippen LogP contribution in [0.5, 0.6) is 5.75 Å². The zero-order valence-corrected chi connectivity index (χ0v) is 13.7. The number of hydrogen-bond acceptors (Lipinski definition) is 4. The number of carbonyl (C=O) groups is 2. The Balaban J connectivity index is 1.61. The predicted octanol–water partition coefficient (Wildman–Crippen LogP) is 1.92. The number of ether oxygens (including phenoxy) is 1. The third-order valence-corrected chi connectivity index (χ3v) is 4.57. The van der Waals surface area contributed by atoms with Crippen LogP contribution in [0.3, 0.4) is 0 Å². The van der Waals surface area contributed by atoms with Crippen LogP contribution >= 0.6 is 11.8 Å². The summed E-state index contributed by atoms with van der Waals surface area (Å²) in [7, 11) is 1.63. The van der Waals surface area contributed by atoms with Crippen molar-refractivity contribution in [1.29, 1.82) is 0 Å². The number of carbonyl (C=O) groups excluding carboxylic acids is 2. The van der Waals surface area contributed by atoms with Gasteiger partial charge in [-0.05, 0) is 37.1 Å². The third-order valence-electron chi connectivity index (χ3n) is 3.55. The quantitative estimate of drug-likeness (QED) is 0.779. The molecule has 1 aromatic rings. The van der Waals surface area contributed by atoms with E-state index in [1.807, 2.05) is 29.2 Å². The lowest BCUT2D eigenvalue weighted by molar-refractivity contribution is -0.131. The van der Waals surface area contributed by atoms with Crippen LogP contribution in [0.2, 0.25) is 0 Å². The number of hydrogen-bond donors (Lipinski definition) is 1. The molecule has 0 bridgehead atoms. The van der Waals surface area contributed by atoms with E-state index < -0.39 is 0 Å². The topological polar surface area (TPSA) is 58.6 Å². The van der Waals surface area contributed by atoms with E-state index >= 15 is 0 Å². The van der Waals surface area contributed by atoms with Crippen molar-refractivity contribution in [2.24, 2.45) is 0 Å². The Morgan fingerprint density at radius 2 is 1.91 bits per heavy atom. The van der Waals surface area contributed by atoms with Crippen molar-refractivity contribution in [3.05, 3.63) is 24.3 Å². The number of nitrogens with zero attached hydrogens (tertiary/aromatic N) is 1. The first kappa shape index (κ1) is 16.7. The largest absolute Gasteiger partial charge is 0.497 e. The van der Waals surface area contributed by atoms with Gasteiger partial charge in [0, 0.05) is 30.2 Å². The Hall–Kier alpha value is -1.69. The highest BCUT2D eigenvalue weighted by Gasteiger charge is 2.17. The van der Waals surface area contributed by atoms with E-state index in [9.17, 15) is 9.59 Å². The Bertz CT molecular complexity index is 499. The maximum absolute atomic E-state index is 11.8. The molecule has 0 aromatic heterocycles. The minimum Gasteiger partial charge on any atom is -0.497 e. The molecular formula is C16H22N2O3S. The Labute approximate surface area is 135 Å². The first-order chi connectivity index (χ1) is 10.7. The molecule has 0 aliphatic carbocycles. The predicted molar refractivity (Wildman–Crippen MR) is 87.2 cm³/mol. The average Bonchev–Trinajstić information content (AvgIpc) is 3.08. The first-order valence-electron chi connectivity index (χ1n) is 7.50. The molecule has 1 fully saturated rings. The lowest BCUT2D eigenvalue weighted by Crippen LogP contribution is -2.38. The molecular weight excluding hydrogens is 300 g/mol. The van der Waals surface area contributed by atoms with Crippen molar-refractivity contribution in [3.63, 3.8) is 0 Å². The van der Waals surface area contributed by atoms with Crippen molar-refractivity contribution < 1.29 is 14.3 Å². The standard InChI is InChI=1S/C16H22N2O3S/c1-21-13-4-6-14(7-5-13)22-11-8-15(19)17-12-16(20)18-9-2-3-10-18/h4-7H,2-3,8-12H2,1H3,(H,17,19). The van der Waals surface area contributed by atoms with Crippen molar-refractivity contribution in [1.82, 2.24) is 10.2 Å². The van der Waals surface area contributed by atoms with Gasteiger partial charge in [-0.2, -0.15) is 0 Å². The Morgan fingerprint density at radius 3 is 2.55 bits per heavy atom. The fourth-order valence-corrected chi connectivity index (χ4v) is 3.13. The molecule has 0 spiro atoms. The van der Waals surface area contributed by atoms with Gasteiger partial charge in [0.25, 0.3) is 0 Å². The molecule has 6 heteroatoms. The SMILES string of the molecule is COc1ccc(SCCC(=O)NCC(=O)N2CCCC2)cc1. The molecule has 22 heavy (non-hydrogen) atoms. The number of benzene rings is 1. The van der Waals surface area contributed by atoms with Crippen LogP contribution in [0.4, 0.5) is 0 Å². The second-order valence-corrected chi connectivity index (χ2v) is 6.31. The highest BCUT2D eigenvalue weighted by Crippen LogP contribution is 2.21. The van der Waals surface area contributed by atoms with Gasteiger partial charge in [0.1, 0.15) is 5.75 Å². The molecule has 0 radical (unpaired) electrons. The Kier molecular flexibility index (Phi) is 6.58. The summed E-state index contributed by atoms with van der Waals surface area (Å²) in [6.45, 7) is 1.76. The van der Waals surface area contributed by atoms with Gasteiger partial charge in [0.2, 0.25) is 11.8 Å². The number of thioether (sulfide) groups is 1. The van der Waals surface area contributed by atoms with Gasteiger partial charge in [-0.15, -0.1) is 11.8 Å². The molecule has 1 heterocycles. The number of rotatable bonds is 7. The second kappa shape index (κ2) is 8.68. The maximum Gasteiger partial charge on any atom is 0.241 e. The lowest BCUT2D eigenvalue weighted by Gasteiger charge is -2.15. The van der Waals surface area contributed by atoms with Crippen molar-refractivity contribution >= 4 is 23.6 Å². The van der Waals surface area contributed by atoms with E-state index in [1.165, 1.54) is 0 Å². The van der Waals surface area contributed by atoms with Crippen molar-refractivity contribution in [2.45, 2.75) is 24.2 Å². The zero-order chi connectivity index (χ0) is 15.8. The lowest BCUT2D eigenvalue weighted by atomic mass is 10.3. The van der Waals surface area contributed by atoms with Crippen LogP contribution in [0, 0.1) is 0 Å². The molecule has 120 valence electrons. The van der Waals surface area contributed by atoms with Gasteiger partial charge >= 0.3 is 0 Å². The van der Waals surface area contributed by atoms with Crippen molar-refractivity contribution in [3.8, 4) is 5.75 Å². The summed E-state index contributed by atoms with van der Waals surface area (Å²) in [5, 5.41) is 2.70. The fraction of sp³-hybridized carbons (Fsp3) is 0.500. The van der Waals surface area contributed by atoms with Crippen LogP contribution < -0.4 is 10.1 Å². The maximum atomic E-state index is 11.8. The molecule has 1 aliphatic rings. The zero-order valence-electron chi connectivity index (χ0n) is 12.8. The minimum absolute atomic E-state index is 0.0219. The molecule has 0 atom stereocenters. The monoisotopic (exact) mass is 322 g/mol. The van der Waals surface area contributed by atoms with Crippen LogP contribution in [0.15, 0.2) is 29.2 Å². The fourth-order valence-electron chi connectivity index (χ4n) is 2.27. The van der Waals surface area contributed by atoms with E-state index in [2.05, 4.69) is 5.32 Å². The third kappa shape index (κ3) is 5.26. The van der Waals surface area contributed by atoms with Gasteiger partial charge in [-0.1, -0.05) is 0 Å². The molecule has 1 aromatic carbocycles. The van der Waals surface area contributed by atoms with Crippen LogP contribution in [-0.4, -0.2) is 49.2 Å². The molecule has 0 saturated carbocycles. The highest BCUT2D eigenvalue weighted by atomic mass is 32.2. The van der Waals surface area contributed by atoms with Crippen LogP contribution in [0.1, 0.15) is 19.3 Å². The molecule has 2 rings (SSSR count). The van der Waals surface area contributed by atoms with E-state index in [0.717, 1.165) is 36.6 Å². The van der Waals surface area contributed by atoms with Gasteiger partial charge < -0.3 is 15.0 Å². The van der Waals surface area contributed by atoms with E-state index in [4.69, 9.17) is 4.74 Å². The number of amides is 2. The van der Waals surface area contributed by atoms with E-state index in [1.54, 1.807) is 18.9 Å². The second-order valence-electron chi connectivity index (χ2n) is 5.14.